The van der Waals surface area contributed by atoms with Crippen LogP contribution in [-0.4, -0.2) is 50.9 Å². The Hall–Kier alpha value is -3.88. The molecule has 0 bridgehead atoms. The van der Waals surface area contributed by atoms with E-state index in [2.05, 4.69) is 10.6 Å². The van der Waals surface area contributed by atoms with Crippen molar-refractivity contribution in [1.82, 2.24) is 5.32 Å². The minimum absolute atomic E-state index is 0.0411. The Balaban J connectivity index is 1.72. The maximum absolute atomic E-state index is 13.8. The Kier molecular flexibility index (Phi) is 9.76. The number of piperidine rings is 1. The fourth-order valence-electron chi connectivity index (χ4n) is 4.55. The number of para-hydroxylation sites is 1. The molecule has 0 saturated carbocycles. The van der Waals surface area contributed by atoms with E-state index >= 15 is 0 Å². The van der Waals surface area contributed by atoms with Crippen molar-refractivity contribution in [2.45, 2.75) is 35.5 Å². The number of rotatable bonds is 8. The number of sulfone groups is 1. The van der Waals surface area contributed by atoms with Crippen LogP contribution in [0, 0.1) is 5.41 Å². The molecule has 1 saturated heterocycles. The molecule has 0 atom stereocenters. The maximum atomic E-state index is 13.8. The lowest BCUT2D eigenvalue weighted by Crippen LogP contribution is -2.46. The number of halogens is 7. The van der Waals surface area contributed by atoms with Gasteiger partial charge < -0.3 is 15.5 Å². The number of nitrogens with one attached hydrogen (secondary N) is 3. The number of hydrogen-bond donors (Lipinski definition) is 3. The Morgan fingerprint density at radius 1 is 0.932 bits per heavy atom. The van der Waals surface area contributed by atoms with Crippen LogP contribution in [0.15, 0.2) is 83.8 Å². The molecular formula is C29H25ClF6N4O3S. The summed E-state index contributed by atoms with van der Waals surface area (Å²) in [6.45, 7) is 1.00. The molecule has 3 N–H and O–H groups in total. The van der Waals surface area contributed by atoms with Gasteiger partial charge in [0.05, 0.1) is 15.6 Å². The molecule has 3 aromatic carbocycles. The van der Waals surface area contributed by atoms with Crippen LogP contribution in [0.25, 0.3) is 5.70 Å². The van der Waals surface area contributed by atoms with Gasteiger partial charge in [0.1, 0.15) is 5.71 Å². The third-order valence-electron chi connectivity index (χ3n) is 6.78. The normalized spacial score (nSPS) is 15.1. The lowest BCUT2D eigenvalue weighted by atomic mass is 10.0. The zero-order chi connectivity index (χ0) is 32.3. The highest BCUT2D eigenvalue weighted by Gasteiger charge is 2.47. The average Bonchev–Trinajstić information content (AvgIpc) is 2.97. The van der Waals surface area contributed by atoms with Crippen molar-refractivity contribution in [2.75, 3.05) is 23.3 Å². The number of nitrogens with zero attached hydrogens (tertiary/aromatic N) is 1. The van der Waals surface area contributed by atoms with Crippen molar-refractivity contribution in [3.8, 4) is 0 Å². The quantitative estimate of drug-likeness (QED) is 0.178. The molecule has 0 aromatic heterocycles. The molecule has 1 aliphatic rings. The molecule has 7 nitrogen and oxygen atoms in total. The highest BCUT2D eigenvalue weighted by Crippen LogP contribution is 2.34. The van der Waals surface area contributed by atoms with Gasteiger partial charge in [-0.1, -0.05) is 41.9 Å². The first-order valence-electron chi connectivity index (χ1n) is 13.0. The number of carbonyl (C=O) groups is 1. The predicted molar refractivity (Wildman–Crippen MR) is 156 cm³/mol. The van der Waals surface area contributed by atoms with E-state index in [-0.39, 0.29) is 33.2 Å². The third-order valence-corrected chi connectivity index (χ3v) is 8.60. The Morgan fingerprint density at radius 3 is 2.14 bits per heavy atom. The summed E-state index contributed by atoms with van der Waals surface area (Å²) in [6, 6.07) is 15.2. The topological polar surface area (TPSA) is 102 Å². The fourth-order valence-corrected chi connectivity index (χ4v) is 5.53. The molecule has 234 valence electrons. The molecule has 0 unspecified atom stereocenters. The first kappa shape index (κ1) is 33.0. The summed E-state index contributed by atoms with van der Waals surface area (Å²) < 4.78 is 104. The number of hydrogen-bond acceptors (Lipinski definition) is 6. The van der Waals surface area contributed by atoms with Crippen molar-refractivity contribution >= 4 is 50.1 Å². The summed E-state index contributed by atoms with van der Waals surface area (Å²) in [5.41, 5.74) is -6.91. The second-order valence-electron chi connectivity index (χ2n) is 9.75. The smallest absolute Gasteiger partial charge is 0.354 e. The number of amides is 1. The standard InChI is InChI=1S/C29H25ClF6N4O3S/c30-23-6-1-2-7-24(23)39-25(17-26(37)28(31,32)33)18-8-10-19(11-9-18)27(41)40(20-12-14-38-15-13-20)21-4-3-5-22(16-21)44(42,43)29(34,35)36/h1-11,16-17,20,37-39H,12-15H2/b25-17-,37-26?. The molecule has 1 aliphatic heterocycles. The van der Waals surface area contributed by atoms with Crippen LogP contribution < -0.4 is 15.5 Å². The second kappa shape index (κ2) is 13.0. The highest BCUT2D eigenvalue weighted by atomic mass is 35.5. The average molecular weight is 659 g/mol. The molecule has 1 heterocycles. The van der Waals surface area contributed by atoms with Gasteiger partial charge in [0.15, 0.2) is 0 Å². The Morgan fingerprint density at radius 2 is 1.55 bits per heavy atom. The first-order valence-corrected chi connectivity index (χ1v) is 14.9. The second-order valence-corrected chi connectivity index (χ2v) is 12.1. The molecule has 0 aliphatic carbocycles. The summed E-state index contributed by atoms with van der Waals surface area (Å²) in [5, 5.41) is 13.6. The molecule has 44 heavy (non-hydrogen) atoms. The van der Waals surface area contributed by atoms with Crippen molar-refractivity contribution in [1.29, 1.82) is 5.41 Å². The van der Waals surface area contributed by atoms with E-state index in [9.17, 15) is 39.6 Å². The van der Waals surface area contributed by atoms with Gasteiger partial charge in [0.2, 0.25) is 0 Å². The maximum Gasteiger partial charge on any atom is 0.501 e. The Bertz CT molecular complexity index is 1670. The van der Waals surface area contributed by atoms with Crippen molar-refractivity contribution < 1.29 is 39.6 Å². The van der Waals surface area contributed by atoms with Gasteiger partial charge in [0.25, 0.3) is 15.7 Å². The summed E-state index contributed by atoms with van der Waals surface area (Å²) in [7, 11) is -5.69. The van der Waals surface area contributed by atoms with Crippen LogP contribution in [-0.2, 0) is 9.84 Å². The monoisotopic (exact) mass is 658 g/mol. The highest BCUT2D eigenvalue weighted by molar-refractivity contribution is 7.92. The largest absolute Gasteiger partial charge is 0.501 e. The van der Waals surface area contributed by atoms with E-state index in [1.165, 1.54) is 47.4 Å². The molecule has 4 rings (SSSR count). The number of anilines is 2. The fraction of sp³-hybridized carbons (Fsp3) is 0.241. The SMILES string of the molecule is N=C(/C=C(\Nc1ccccc1Cl)c1ccc(C(=O)N(c2cccc(S(=O)(=O)C(F)(F)F)c2)C2CCNCC2)cc1)C(F)(F)F. The van der Waals surface area contributed by atoms with Gasteiger partial charge in [-0.15, -0.1) is 0 Å². The number of benzene rings is 3. The van der Waals surface area contributed by atoms with Crippen LogP contribution >= 0.6 is 11.6 Å². The van der Waals surface area contributed by atoms with Crippen LogP contribution in [0.4, 0.5) is 37.7 Å². The zero-order valence-corrected chi connectivity index (χ0v) is 24.2. The molecule has 0 spiro atoms. The van der Waals surface area contributed by atoms with Gasteiger partial charge >= 0.3 is 11.7 Å². The first-order chi connectivity index (χ1) is 20.6. The summed E-state index contributed by atoms with van der Waals surface area (Å²) in [6.07, 6.45) is -3.51. The van der Waals surface area contributed by atoms with Crippen LogP contribution in [0.3, 0.4) is 0 Å². The minimum atomic E-state index is -5.69. The predicted octanol–water partition coefficient (Wildman–Crippen LogP) is 7.07. The molecular weight excluding hydrogens is 634 g/mol. The zero-order valence-electron chi connectivity index (χ0n) is 22.6. The van der Waals surface area contributed by atoms with E-state index in [1.54, 1.807) is 12.1 Å². The van der Waals surface area contributed by atoms with E-state index in [4.69, 9.17) is 17.0 Å². The van der Waals surface area contributed by atoms with Crippen molar-refractivity contribution in [2.24, 2.45) is 0 Å². The lowest BCUT2D eigenvalue weighted by Gasteiger charge is -2.35. The van der Waals surface area contributed by atoms with E-state index in [1.807, 2.05) is 0 Å². The van der Waals surface area contributed by atoms with Crippen LogP contribution in [0.1, 0.15) is 28.8 Å². The molecule has 15 heteroatoms. The molecule has 0 radical (unpaired) electrons. The third kappa shape index (κ3) is 7.42. The number of carbonyl (C=O) groups excluding carboxylic acids is 1. The van der Waals surface area contributed by atoms with Gasteiger partial charge in [-0.05, 0) is 80.0 Å². The van der Waals surface area contributed by atoms with Gasteiger partial charge in [-0.3, -0.25) is 10.2 Å². The molecule has 3 aromatic rings. The minimum Gasteiger partial charge on any atom is -0.354 e. The molecule has 1 amide bonds. The molecule has 1 fully saturated rings. The number of allylic oxidation sites excluding steroid dienone is 1. The van der Waals surface area contributed by atoms with Crippen LogP contribution in [0.2, 0.25) is 5.02 Å². The van der Waals surface area contributed by atoms with Gasteiger partial charge in [-0.25, -0.2) is 8.42 Å². The van der Waals surface area contributed by atoms with Gasteiger partial charge in [0, 0.05) is 23.0 Å². The van der Waals surface area contributed by atoms with Crippen molar-refractivity contribution in [3.05, 3.63) is 95.0 Å². The summed E-state index contributed by atoms with van der Waals surface area (Å²) >= 11 is 6.16. The number of alkyl halides is 6. The van der Waals surface area contributed by atoms with Crippen LogP contribution in [0.5, 0.6) is 0 Å². The summed E-state index contributed by atoms with van der Waals surface area (Å²) in [4.78, 5) is 14.1. The Labute approximate surface area is 253 Å². The van der Waals surface area contributed by atoms with Crippen molar-refractivity contribution in [3.63, 3.8) is 0 Å². The van der Waals surface area contributed by atoms with E-state index < -0.39 is 44.1 Å². The lowest BCUT2D eigenvalue weighted by molar-refractivity contribution is -0.0584. The van der Waals surface area contributed by atoms with E-state index in [0.717, 1.165) is 18.2 Å². The van der Waals surface area contributed by atoms with E-state index in [0.29, 0.717) is 32.0 Å². The van der Waals surface area contributed by atoms with Gasteiger partial charge in [-0.2, -0.15) is 26.3 Å². The summed E-state index contributed by atoms with van der Waals surface area (Å²) in [5.74, 6) is -0.655.